The van der Waals surface area contributed by atoms with E-state index < -0.39 is 0 Å². The molecule has 5 nitrogen and oxygen atoms in total. The summed E-state index contributed by atoms with van der Waals surface area (Å²) in [5.41, 5.74) is 3.62. The van der Waals surface area contributed by atoms with Crippen molar-refractivity contribution in [2.75, 3.05) is 0 Å². The molecule has 0 radical (unpaired) electrons. The molecule has 2 heterocycles. The smallest absolute Gasteiger partial charge is 0.223 e. The molecule has 1 aliphatic carbocycles. The van der Waals surface area contributed by atoms with Crippen LogP contribution in [0.4, 0.5) is 0 Å². The van der Waals surface area contributed by atoms with E-state index in [-0.39, 0.29) is 11.4 Å². The van der Waals surface area contributed by atoms with E-state index in [1.807, 2.05) is 13.1 Å². The van der Waals surface area contributed by atoms with E-state index >= 15 is 0 Å². The van der Waals surface area contributed by atoms with Gasteiger partial charge in [-0.3, -0.25) is 4.68 Å². The Hall–Kier alpha value is -1.46. The second-order valence-corrected chi connectivity index (χ2v) is 4.84. The number of hydrogen-bond donors (Lipinski definition) is 1. The first-order valence-corrected chi connectivity index (χ1v) is 6.25. The number of rotatable bonds is 1. The van der Waals surface area contributed by atoms with Crippen molar-refractivity contribution in [3.8, 4) is 0 Å². The number of aliphatic hydroxyl groups excluding tert-OH is 1. The maximum Gasteiger partial charge on any atom is 0.223 e. The van der Waals surface area contributed by atoms with Gasteiger partial charge in [0.15, 0.2) is 0 Å². The average Bonchev–Trinajstić information content (AvgIpc) is 2.67. The summed E-state index contributed by atoms with van der Waals surface area (Å²) in [4.78, 5) is 8.23. The van der Waals surface area contributed by atoms with E-state index in [0.29, 0.717) is 6.42 Å². The van der Waals surface area contributed by atoms with Crippen molar-refractivity contribution in [1.29, 1.82) is 0 Å². The van der Waals surface area contributed by atoms with Crippen molar-refractivity contribution < 1.29 is 5.11 Å². The van der Waals surface area contributed by atoms with Crippen molar-refractivity contribution in [1.82, 2.24) is 19.7 Å². The first-order chi connectivity index (χ1) is 8.65. The summed E-state index contributed by atoms with van der Waals surface area (Å²) >= 11 is 5.84. The predicted octanol–water partition coefficient (Wildman–Crippen LogP) is 1.94. The SMILES string of the molecule is Cn1nc(C2=CCC(O)CC2)c2nc(Cl)ncc21. The Bertz CT molecular complexity index is 634. The van der Waals surface area contributed by atoms with Crippen LogP contribution >= 0.6 is 11.6 Å². The summed E-state index contributed by atoms with van der Waals surface area (Å²) in [6.45, 7) is 0. The van der Waals surface area contributed by atoms with Crippen LogP contribution in [0.3, 0.4) is 0 Å². The highest BCUT2D eigenvalue weighted by atomic mass is 35.5. The Morgan fingerprint density at radius 2 is 2.33 bits per heavy atom. The van der Waals surface area contributed by atoms with E-state index in [1.54, 1.807) is 10.9 Å². The van der Waals surface area contributed by atoms with E-state index in [9.17, 15) is 5.11 Å². The third-order valence-corrected chi connectivity index (χ3v) is 3.43. The average molecular weight is 265 g/mol. The fourth-order valence-corrected chi connectivity index (χ4v) is 2.40. The van der Waals surface area contributed by atoms with Gasteiger partial charge in [0.1, 0.15) is 16.7 Å². The van der Waals surface area contributed by atoms with Gasteiger partial charge in [0.2, 0.25) is 5.28 Å². The van der Waals surface area contributed by atoms with Crippen molar-refractivity contribution in [2.45, 2.75) is 25.4 Å². The third kappa shape index (κ3) is 1.89. The molecular formula is C12H13ClN4O. The molecule has 1 N–H and O–H groups in total. The molecule has 0 bridgehead atoms. The summed E-state index contributed by atoms with van der Waals surface area (Å²) in [5, 5.41) is 14.2. The van der Waals surface area contributed by atoms with Crippen LogP contribution in [0.2, 0.25) is 5.28 Å². The van der Waals surface area contributed by atoms with Crippen LogP contribution in [-0.4, -0.2) is 31.0 Å². The highest BCUT2D eigenvalue weighted by molar-refractivity contribution is 6.28. The Morgan fingerprint density at radius 3 is 3.06 bits per heavy atom. The lowest BCUT2D eigenvalue weighted by Gasteiger charge is -2.15. The topological polar surface area (TPSA) is 63.8 Å². The number of hydrogen-bond acceptors (Lipinski definition) is 4. The van der Waals surface area contributed by atoms with Gasteiger partial charge in [-0.05, 0) is 36.4 Å². The van der Waals surface area contributed by atoms with E-state index in [2.05, 4.69) is 15.1 Å². The lowest BCUT2D eigenvalue weighted by atomic mass is 9.95. The van der Waals surface area contributed by atoms with Gasteiger partial charge in [-0.25, -0.2) is 9.97 Å². The molecule has 0 amide bonds. The largest absolute Gasteiger partial charge is 0.393 e. The van der Waals surface area contributed by atoms with E-state index in [1.165, 1.54) is 0 Å². The van der Waals surface area contributed by atoms with Gasteiger partial charge < -0.3 is 5.11 Å². The van der Waals surface area contributed by atoms with Gasteiger partial charge >= 0.3 is 0 Å². The van der Waals surface area contributed by atoms with Crippen LogP contribution < -0.4 is 0 Å². The molecule has 1 aliphatic rings. The van der Waals surface area contributed by atoms with Crippen molar-refractivity contribution >= 4 is 28.2 Å². The second kappa shape index (κ2) is 4.33. The van der Waals surface area contributed by atoms with Crippen LogP contribution in [0.5, 0.6) is 0 Å². The highest BCUT2D eigenvalue weighted by Gasteiger charge is 2.19. The molecule has 1 atom stereocenters. The molecule has 3 rings (SSSR count). The van der Waals surface area contributed by atoms with Gasteiger partial charge in [0.25, 0.3) is 0 Å². The Kier molecular flexibility index (Phi) is 2.80. The minimum Gasteiger partial charge on any atom is -0.393 e. The van der Waals surface area contributed by atoms with Crippen LogP contribution in [0.1, 0.15) is 25.0 Å². The Labute approximate surface area is 109 Å². The molecule has 0 spiro atoms. The van der Waals surface area contributed by atoms with Crippen LogP contribution in [0, 0.1) is 0 Å². The molecule has 94 valence electrons. The van der Waals surface area contributed by atoms with Crippen molar-refractivity contribution in [3.05, 3.63) is 23.3 Å². The maximum absolute atomic E-state index is 9.52. The minimum atomic E-state index is -0.234. The second-order valence-electron chi connectivity index (χ2n) is 4.50. The summed E-state index contributed by atoms with van der Waals surface area (Å²) in [6.07, 6.45) is 5.73. The zero-order valence-corrected chi connectivity index (χ0v) is 10.7. The molecule has 2 aromatic rings. The summed E-state index contributed by atoms with van der Waals surface area (Å²) in [7, 11) is 1.86. The molecule has 0 saturated carbocycles. The first-order valence-electron chi connectivity index (χ1n) is 5.88. The zero-order valence-electron chi connectivity index (χ0n) is 9.97. The number of halogens is 1. The van der Waals surface area contributed by atoms with Gasteiger partial charge in [0, 0.05) is 7.05 Å². The van der Waals surface area contributed by atoms with Gasteiger partial charge in [-0.15, -0.1) is 0 Å². The number of allylic oxidation sites excluding steroid dienone is 1. The summed E-state index contributed by atoms with van der Waals surface area (Å²) in [6, 6.07) is 0. The minimum absolute atomic E-state index is 0.230. The van der Waals surface area contributed by atoms with Gasteiger partial charge in [0.05, 0.1) is 12.3 Å². The van der Waals surface area contributed by atoms with Crippen molar-refractivity contribution in [2.24, 2.45) is 7.05 Å². The molecular weight excluding hydrogens is 252 g/mol. The molecule has 0 saturated heterocycles. The fourth-order valence-electron chi connectivity index (χ4n) is 2.27. The molecule has 6 heteroatoms. The number of nitrogens with zero attached hydrogens (tertiary/aromatic N) is 4. The molecule has 0 fully saturated rings. The zero-order chi connectivity index (χ0) is 12.7. The lowest BCUT2D eigenvalue weighted by Crippen LogP contribution is -2.10. The van der Waals surface area contributed by atoms with E-state index in [4.69, 9.17) is 11.6 Å². The van der Waals surface area contributed by atoms with Gasteiger partial charge in [-0.1, -0.05) is 6.08 Å². The quantitative estimate of drug-likeness (QED) is 0.800. The van der Waals surface area contributed by atoms with Crippen molar-refractivity contribution in [3.63, 3.8) is 0 Å². The van der Waals surface area contributed by atoms with Crippen LogP contribution in [0.25, 0.3) is 16.6 Å². The van der Waals surface area contributed by atoms with Crippen LogP contribution in [-0.2, 0) is 7.05 Å². The Balaban J connectivity index is 2.14. The molecule has 0 aromatic carbocycles. The lowest BCUT2D eigenvalue weighted by molar-refractivity contribution is 0.166. The fraction of sp³-hybridized carbons (Fsp3) is 0.417. The summed E-state index contributed by atoms with van der Waals surface area (Å²) in [5.74, 6) is 0. The number of aliphatic hydroxyl groups is 1. The number of aryl methyl sites for hydroxylation is 1. The molecule has 2 aromatic heterocycles. The predicted molar refractivity (Wildman–Crippen MR) is 69.1 cm³/mol. The molecule has 18 heavy (non-hydrogen) atoms. The number of fused-ring (bicyclic) bond motifs is 1. The van der Waals surface area contributed by atoms with E-state index in [0.717, 1.165) is 35.1 Å². The normalized spacial score (nSPS) is 20.2. The number of aromatic nitrogens is 4. The molecule has 0 aliphatic heterocycles. The molecule has 1 unspecified atom stereocenters. The van der Waals surface area contributed by atoms with Crippen LogP contribution in [0.15, 0.2) is 12.3 Å². The standard InChI is InChI=1S/C12H13ClN4O/c1-17-9-6-14-12(13)15-11(9)10(16-17)7-2-4-8(18)5-3-7/h2,6,8,18H,3-5H2,1H3. The summed E-state index contributed by atoms with van der Waals surface area (Å²) < 4.78 is 1.76. The maximum atomic E-state index is 9.52. The monoisotopic (exact) mass is 264 g/mol. The highest BCUT2D eigenvalue weighted by Crippen LogP contribution is 2.30. The third-order valence-electron chi connectivity index (χ3n) is 3.25. The Morgan fingerprint density at radius 1 is 1.50 bits per heavy atom. The van der Waals surface area contributed by atoms with Gasteiger partial charge in [-0.2, -0.15) is 5.10 Å². The first kappa shape index (κ1) is 11.6.